The third-order valence-corrected chi connectivity index (χ3v) is 5.11. The zero-order valence-corrected chi connectivity index (χ0v) is 14.3. The van der Waals surface area contributed by atoms with Gasteiger partial charge in [-0.2, -0.15) is 0 Å². The SMILES string of the molecule is CNC(=O)C(CC(C)C)NCc1cc(-c2cccs2)cs1. The van der Waals surface area contributed by atoms with Gasteiger partial charge in [-0.25, -0.2) is 0 Å². The molecule has 3 nitrogen and oxygen atoms in total. The van der Waals surface area contributed by atoms with Gasteiger partial charge >= 0.3 is 0 Å². The summed E-state index contributed by atoms with van der Waals surface area (Å²) in [7, 11) is 1.69. The van der Waals surface area contributed by atoms with Crippen LogP contribution in [0.2, 0.25) is 0 Å². The van der Waals surface area contributed by atoms with Crippen molar-refractivity contribution in [1.29, 1.82) is 0 Å². The second-order valence-corrected chi connectivity index (χ2v) is 7.40. The van der Waals surface area contributed by atoms with Crippen molar-refractivity contribution in [2.24, 2.45) is 5.92 Å². The first kappa shape index (κ1) is 16.2. The lowest BCUT2D eigenvalue weighted by Crippen LogP contribution is -2.43. The van der Waals surface area contributed by atoms with Crippen molar-refractivity contribution in [2.45, 2.75) is 32.9 Å². The van der Waals surface area contributed by atoms with Gasteiger partial charge in [-0.15, -0.1) is 22.7 Å². The number of hydrogen-bond donors (Lipinski definition) is 2. The summed E-state index contributed by atoms with van der Waals surface area (Å²) in [5.41, 5.74) is 1.27. The van der Waals surface area contributed by atoms with E-state index in [1.165, 1.54) is 15.3 Å². The van der Waals surface area contributed by atoms with E-state index in [0.29, 0.717) is 5.92 Å². The van der Waals surface area contributed by atoms with Crippen molar-refractivity contribution in [3.63, 3.8) is 0 Å². The Morgan fingerprint density at radius 1 is 1.33 bits per heavy atom. The maximum Gasteiger partial charge on any atom is 0.236 e. The van der Waals surface area contributed by atoms with E-state index in [2.05, 4.69) is 53.4 Å². The molecule has 0 aliphatic carbocycles. The van der Waals surface area contributed by atoms with Crippen molar-refractivity contribution in [3.05, 3.63) is 33.8 Å². The molecule has 2 aromatic heterocycles. The Balaban J connectivity index is 1.96. The molecule has 0 bridgehead atoms. The number of carbonyl (C=O) groups excluding carboxylic acids is 1. The second kappa shape index (κ2) is 7.73. The summed E-state index contributed by atoms with van der Waals surface area (Å²) in [4.78, 5) is 14.4. The van der Waals surface area contributed by atoms with Gasteiger partial charge in [0.15, 0.2) is 0 Å². The van der Waals surface area contributed by atoms with E-state index in [9.17, 15) is 4.79 Å². The molecule has 5 heteroatoms. The van der Waals surface area contributed by atoms with Crippen LogP contribution in [0.25, 0.3) is 10.4 Å². The Labute approximate surface area is 134 Å². The fourth-order valence-corrected chi connectivity index (χ4v) is 3.82. The van der Waals surface area contributed by atoms with Crippen LogP contribution in [0.4, 0.5) is 0 Å². The van der Waals surface area contributed by atoms with Gasteiger partial charge in [-0.1, -0.05) is 19.9 Å². The fourth-order valence-electron chi connectivity index (χ4n) is 2.20. The highest BCUT2D eigenvalue weighted by molar-refractivity contribution is 7.14. The Kier molecular flexibility index (Phi) is 5.96. The van der Waals surface area contributed by atoms with E-state index in [1.807, 2.05) is 0 Å². The van der Waals surface area contributed by atoms with E-state index >= 15 is 0 Å². The molecule has 0 aromatic carbocycles. The highest BCUT2D eigenvalue weighted by Gasteiger charge is 2.18. The monoisotopic (exact) mass is 322 g/mol. The van der Waals surface area contributed by atoms with E-state index in [1.54, 1.807) is 29.7 Å². The molecule has 114 valence electrons. The highest BCUT2D eigenvalue weighted by atomic mass is 32.1. The summed E-state index contributed by atoms with van der Waals surface area (Å²) in [6, 6.07) is 6.29. The normalized spacial score (nSPS) is 12.6. The molecule has 0 radical (unpaired) electrons. The molecule has 2 heterocycles. The quantitative estimate of drug-likeness (QED) is 0.815. The largest absolute Gasteiger partial charge is 0.358 e. The van der Waals surface area contributed by atoms with Crippen LogP contribution in [0.1, 0.15) is 25.1 Å². The molecule has 0 saturated heterocycles. The van der Waals surface area contributed by atoms with Gasteiger partial charge in [-0.3, -0.25) is 4.79 Å². The predicted molar refractivity (Wildman–Crippen MR) is 91.8 cm³/mol. The number of carbonyl (C=O) groups is 1. The van der Waals surface area contributed by atoms with Crippen LogP contribution in [0.15, 0.2) is 29.0 Å². The van der Waals surface area contributed by atoms with Gasteiger partial charge in [0, 0.05) is 28.9 Å². The predicted octanol–water partition coefficient (Wildman–Crippen LogP) is 3.73. The molecule has 0 aliphatic heterocycles. The average molecular weight is 322 g/mol. The number of thiophene rings is 2. The van der Waals surface area contributed by atoms with Crippen molar-refractivity contribution in [3.8, 4) is 10.4 Å². The molecular weight excluding hydrogens is 300 g/mol. The summed E-state index contributed by atoms with van der Waals surface area (Å²) in [6.45, 7) is 5.01. The minimum Gasteiger partial charge on any atom is -0.358 e. The van der Waals surface area contributed by atoms with Crippen LogP contribution in [-0.4, -0.2) is 19.0 Å². The maximum absolute atomic E-state index is 11.9. The molecule has 0 aliphatic rings. The molecule has 2 aromatic rings. The minimum absolute atomic E-state index is 0.0683. The van der Waals surface area contributed by atoms with Crippen LogP contribution < -0.4 is 10.6 Å². The van der Waals surface area contributed by atoms with E-state index < -0.39 is 0 Å². The second-order valence-electron chi connectivity index (χ2n) is 5.46. The third kappa shape index (κ3) is 4.66. The number of nitrogens with one attached hydrogen (secondary N) is 2. The summed E-state index contributed by atoms with van der Waals surface area (Å²) in [5, 5.41) is 10.4. The molecule has 0 fully saturated rings. The van der Waals surface area contributed by atoms with E-state index in [4.69, 9.17) is 0 Å². The lowest BCUT2D eigenvalue weighted by molar-refractivity contribution is -0.123. The standard InChI is InChI=1S/C16H22N2OS2/c1-11(2)7-14(16(19)17-3)18-9-13-8-12(10-21-13)15-5-4-6-20-15/h4-6,8,10-11,14,18H,7,9H2,1-3H3,(H,17,19). The van der Waals surface area contributed by atoms with Crippen molar-refractivity contribution < 1.29 is 4.79 Å². The zero-order valence-electron chi connectivity index (χ0n) is 12.7. The average Bonchev–Trinajstić information content (AvgIpc) is 3.12. The van der Waals surface area contributed by atoms with Gasteiger partial charge < -0.3 is 10.6 Å². The Morgan fingerprint density at radius 2 is 2.14 bits per heavy atom. The molecule has 1 atom stereocenters. The van der Waals surface area contributed by atoms with Crippen LogP contribution in [0.3, 0.4) is 0 Å². The summed E-state index contributed by atoms with van der Waals surface area (Å²) < 4.78 is 0. The van der Waals surface area contributed by atoms with E-state index in [-0.39, 0.29) is 11.9 Å². The molecule has 2 rings (SSSR count). The van der Waals surface area contributed by atoms with Crippen LogP contribution >= 0.6 is 22.7 Å². The molecule has 1 amide bonds. The molecule has 2 N–H and O–H groups in total. The van der Waals surface area contributed by atoms with Crippen LogP contribution in [-0.2, 0) is 11.3 Å². The Hall–Kier alpha value is -1.17. The molecule has 21 heavy (non-hydrogen) atoms. The van der Waals surface area contributed by atoms with Crippen LogP contribution in [0, 0.1) is 5.92 Å². The number of rotatable bonds is 7. The van der Waals surface area contributed by atoms with Crippen molar-refractivity contribution in [1.82, 2.24) is 10.6 Å². The van der Waals surface area contributed by atoms with Gasteiger partial charge in [0.1, 0.15) is 0 Å². The summed E-state index contributed by atoms with van der Waals surface area (Å²) in [5.74, 6) is 0.559. The van der Waals surface area contributed by atoms with Gasteiger partial charge in [-0.05, 0) is 35.2 Å². The third-order valence-electron chi connectivity index (χ3n) is 3.25. The van der Waals surface area contributed by atoms with Gasteiger partial charge in [0.2, 0.25) is 5.91 Å². The topological polar surface area (TPSA) is 41.1 Å². The molecular formula is C16H22N2OS2. The smallest absolute Gasteiger partial charge is 0.236 e. The highest BCUT2D eigenvalue weighted by Crippen LogP contribution is 2.29. The lowest BCUT2D eigenvalue weighted by atomic mass is 10.0. The van der Waals surface area contributed by atoms with Gasteiger partial charge in [0.25, 0.3) is 0 Å². The molecule has 0 spiro atoms. The number of likely N-dealkylation sites (N-methyl/N-ethyl adjacent to an activating group) is 1. The number of hydrogen-bond acceptors (Lipinski definition) is 4. The fraction of sp³-hybridized carbons (Fsp3) is 0.438. The summed E-state index contributed by atoms with van der Waals surface area (Å²) in [6.07, 6.45) is 0.850. The number of amides is 1. The first-order valence-electron chi connectivity index (χ1n) is 7.16. The van der Waals surface area contributed by atoms with Crippen LogP contribution in [0.5, 0.6) is 0 Å². The zero-order chi connectivity index (χ0) is 15.2. The Morgan fingerprint density at radius 3 is 2.76 bits per heavy atom. The van der Waals surface area contributed by atoms with Gasteiger partial charge in [0.05, 0.1) is 6.04 Å². The Bertz CT molecular complexity index is 561. The van der Waals surface area contributed by atoms with E-state index in [0.717, 1.165) is 13.0 Å². The van der Waals surface area contributed by atoms with Crippen molar-refractivity contribution >= 4 is 28.6 Å². The maximum atomic E-state index is 11.9. The molecule has 0 saturated carbocycles. The van der Waals surface area contributed by atoms with Crippen molar-refractivity contribution in [2.75, 3.05) is 7.05 Å². The first-order chi connectivity index (χ1) is 10.1. The summed E-state index contributed by atoms with van der Waals surface area (Å²) >= 11 is 3.49. The minimum atomic E-state index is -0.123. The molecule has 1 unspecified atom stereocenters. The lowest BCUT2D eigenvalue weighted by Gasteiger charge is -2.18. The first-order valence-corrected chi connectivity index (χ1v) is 8.92.